The van der Waals surface area contributed by atoms with Crippen LogP contribution in [0.4, 0.5) is 0 Å². The minimum Gasteiger partial charge on any atom is -0.480 e. The van der Waals surface area contributed by atoms with E-state index in [-0.39, 0.29) is 5.91 Å². The summed E-state index contributed by atoms with van der Waals surface area (Å²) in [4.78, 5) is 21.6. The van der Waals surface area contributed by atoms with Crippen LogP contribution in [0.5, 0.6) is 0 Å². The Morgan fingerprint density at radius 3 is 2.18 bits per heavy atom. The van der Waals surface area contributed by atoms with Gasteiger partial charge in [0.15, 0.2) is 0 Å². The summed E-state index contributed by atoms with van der Waals surface area (Å²) in [6.07, 6.45) is 0.301. The van der Waals surface area contributed by atoms with E-state index in [0.717, 1.165) is 5.56 Å². The molecule has 1 aromatic rings. The van der Waals surface area contributed by atoms with Gasteiger partial charge >= 0.3 is 5.97 Å². The van der Waals surface area contributed by atoms with Crippen LogP contribution >= 0.6 is 0 Å². The SMILES string of the molecule is CC.CC(=O)NC(Cc1ccccc1)C(=O)O. The molecule has 0 aromatic heterocycles. The smallest absolute Gasteiger partial charge is 0.326 e. The van der Waals surface area contributed by atoms with E-state index in [1.807, 2.05) is 44.2 Å². The first kappa shape index (κ1) is 15.2. The van der Waals surface area contributed by atoms with Crippen molar-refractivity contribution in [3.05, 3.63) is 35.9 Å². The first-order valence-corrected chi connectivity index (χ1v) is 5.63. The maximum Gasteiger partial charge on any atom is 0.326 e. The van der Waals surface area contributed by atoms with Crippen molar-refractivity contribution in [3.63, 3.8) is 0 Å². The number of hydrogen-bond donors (Lipinski definition) is 2. The second kappa shape index (κ2) is 8.33. The summed E-state index contributed by atoms with van der Waals surface area (Å²) in [5.41, 5.74) is 0.888. The van der Waals surface area contributed by atoms with Crippen molar-refractivity contribution in [1.82, 2.24) is 5.32 Å². The lowest BCUT2D eigenvalue weighted by Crippen LogP contribution is -2.41. The van der Waals surface area contributed by atoms with Gasteiger partial charge in [-0.3, -0.25) is 4.79 Å². The van der Waals surface area contributed by atoms with Crippen molar-refractivity contribution in [3.8, 4) is 0 Å². The van der Waals surface area contributed by atoms with Crippen LogP contribution in [0.1, 0.15) is 26.3 Å². The normalized spacial score (nSPS) is 10.8. The van der Waals surface area contributed by atoms with E-state index in [1.54, 1.807) is 0 Å². The topological polar surface area (TPSA) is 66.4 Å². The maximum absolute atomic E-state index is 10.8. The van der Waals surface area contributed by atoms with E-state index >= 15 is 0 Å². The Hall–Kier alpha value is -1.84. The van der Waals surface area contributed by atoms with Gasteiger partial charge in [0, 0.05) is 13.3 Å². The Morgan fingerprint density at radius 1 is 1.24 bits per heavy atom. The average molecular weight is 237 g/mol. The molecular weight excluding hydrogens is 218 g/mol. The monoisotopic (exact) mass is 237 g/mol. The summed E-state index contributed by atoms with van der Waals surface area (Å²) in [5, 5.41) is 11.3. The molecule has 1 rings (SSSR count). The zero-order valence-corrected chi connectivity index (χ0v) is 10.4. The standard InChI is InChI=1S/C11H13NO3.C2H6/c1-8(13)12-10(11(14)15)7-9-5-3-2-4-6-9;1-2/h2-6,10H,7H2,1H3,(H,12,13)(H,14,15);1-2H3. The zero-order chi connectivity index (χ0) is 13.3. The summed E-state index contributed by atoms with van der Waals surface area (Å²) < 4.78 is 0. The number of carbonyl (C=O) groups is 2. The molecule has 1 unspecified atom stereocenters. The molecule has 0 aliphatic carbocycles. The predicted molar refractivity (Wildman–Crippen MR) is 66.7 cm³/mol. The molecule has 0 aliphatic heterocycles. The van der Waals surface area contributed by atoms with Crippen molar-refractivity contribution in [2.24, 2.45) is 0 Å². The van der Waals surface area contributed by atoms with Crippen LogP contribution in [0, 0.1) is 0 Å². The van der Waals surface area contributed by atoms with Crippen LogP contribution in [-0.2, 0) is 16.0 Å². The van der Waals surface area contributed by atoms with Crippen LogP contribution < -0.4 is 5.32 Å². The fraction of sp³-hybridized carbons (Fsp3) is 0.385. The summed E-state index contributed by atoms with van der Waals surface area (Å²) in [7, 11) is 0. The molecule has 0 saturated carbocycles. The van der Waals surface area contributed by atoms with Gasteiger partial charge in [-0.2, -0.15) is 0 Å². The number of carboxylic acid groups (broad SMARTS) is 1. The number of aliphatic carboxylic acids is 1. The lowest BCUT2D eigenvalue weighted by atomic mass is 10.1. The number of benzene rings is 1. The molecule has 1 atom stereocenters. The van der Waals surface area contributed by atoms with Crippen LogP contribution in [0.3, 0.4) is 0 Å². The van der Waals surface area contributed by atoms with Crippen molar-refractivity contribution in [1.29, 1.82) is 0 Å². The Labute approximate surface area is 102 Å². The quantitative estimate of drug-likeness (QED) is 0.839. The summed E-state index contributed by atoms with van der Waals surface area (Å²) in [5.74, 6) is -1.35. The van der Waals surface area contributed by atoms with Crippen molar-refractivity contribution >= 4 is 11.9 Å². The van der Waals surface area contributed by atoms with Gasteiger partial charge in [0.1, 0.15) is 6.04 Å². The molecule has 0 bridgehead atoms. The molecule has 0 saturated heterocycles. The summed E-state index contributed by atoms with van der Waals surface area (Å²) >= 11 is 0. The number of amides is 1. The average Bonchev–Trinajstić information content (AvgIpc) is 2.31. The van der Waals surface area contributed by atoms with Gasteiger partial charge < -0.3 is 10.4 Å². The number of rotatable bonds is 4. The summed E-state index contributed by atoms with van der Waals surface area (Å²) in [6, 6.07) is 8.34. The Balaban J connectivity index is 0.00000121. The molecule has 0 radical (unpaired) electrons. The Morgan fingerprint density at radius 2 is 1.76 bits per heavy atom. The highest BCUT2D eigenvalue weighted by Gasteiger charge is 2.18. The lowest BCUT2D eigenvalue weighted by Gasteiger charge is -2.12. The Kier molecular flexibility index (Phi) is 7.43. The molecule has 17 heavy (non-hydrogen) atoms. The molecule has 0 fully saturated rings. The van der Waals surface area contributed by atoms with E-state index in [9.17, 15) is 9.59 Å². The number of carbonyl (C=O) groups excluding carboxylic acids is 1. The van der Waals surface area contributed by atoms with Crippen molar-refractivity contribution in [2.75, 3.05) is 0 Å². The molecule has 0 aliphatic rings. The van der Waals surface area contributed by atoms with Gasteiger partial charge in [-0.05, 0) is 5.56 Å². The molecule has 0 spiro atoms. The largest absolute Gasteiger partial charge is 0.480 e. The molecular formula is C13H19NO3. The number of carboxylic acids is 1. The number of hydrogen-bond acceptors (Lipinski definition) is 2. The molecule has 94 valence electrons. The second-order valence-electron chi connectivity index (χ2n) is 3.28. The molecule has 2 N–H and O–H groups in total. The minimum absolute atomic E-state index is 0.301. The molecule has 0 heterocycles. The first-order valence-electron chi connectivity index (χ1n) is 5.63. The molecule has 4 nitrogen and oxygen atoms in total. The first-order chi connectivity index (χ1) is 8.09. The second-order valence-corrected chi connectivity index (χ2v) is 3.28. The van der Waals surface area contributed by atoms with Gasteiger partial charge in [0.25, 0.3) is 0 Å². The van der Waals surface area contributed by atoms with Crippen LogP contribution in [0.25, 0.3) is 0 Å². The molecule has 1 amide bonds. The van der Waals surface area contributed by atoms with Gasteiger partial charge in [-0.25, -0.2) is 4.79 Å². The lowest BCUT2D eigenvalue weighted by molar-refractivity contribution is -0.141. The van der Waals surface area contributed by atoms with Crippen LogP contribution in [0.2, 0.25) is 0 Å². The highest BCUT2D eigenvalue weighted by Crippen LogP contribution is 2.03. The molecule has 1 aromatic carbocycles. The number of nitrogens with one attached hydrogen (secondary N) is 1. The van der Waals surface area contributed by atoms with Gasteiger partial charge in [-0.1, -0.05) is 44.2 Å². The van der Waals surface area contributed by atoms with Crippen molar-refractivity contribution < 1.29 is 14.7 Å². The highest BCUT2D eigenvalue weighted by molar-refractivity contribution is 5.82. The van der Waals surface area contributed by atoms with E-state index in [1.165, 1.54) is 6.92 Å². The van der Waals surface area contributed by atoms with Crippen LogP contribution in [0.15, 0.2) is 30.3 Å². The van der Waals surface area contributed by atoms with Gasteiger partial charge in [-0.15, -0.1) is 0 Å². The fourth-order valence-corrected chi connectivity index (χ4v) is 1.30. The van der Waals surface area contributed by atoms with E-state index in [0.29, 0.717) is 6.42 Å². The van der Waals surface area contributed by atoms with E-state index in [4.69, 9.17) is 5.11 Å². The maximum atomic E-state index is 10.8. The summed E-state index contributed by atoms with van der Waals surface area (Å²) in [6.45, 7) is 5.31. The third kappa shape index (κ3) is 6.35. The third-order valence-electron chi connectivity index (χ3n) is 1.96. The van der Waals surface area contributed by atoms with E-state index < -0.39 is 12.0 Å². The Bertz CT molecular complexity index is 349. The van der Waals surface area contributed by atoms with Gasteiger partial charge in [0.05, 0.1) is 0 Å². The molecule has 4 heteroatoms. The predicted octanol–water partition coefficient (Wildman–Crippen LogP) is 1.84. The third-order valence-corrected chi connectivity index (χ3v) is 1.96. The highest BCUT2D eigenvalue weighted by atomic mass is 16.4. The van der Waals surface area contributed by atoms with E-state index in [2.05, 4.69) is 5.32 Å². The van der Waals surface area contributed by atoms with Crippen LogP contribution in [-0.4, -0.2) is 23.0 Å². The van der Waals surface area contributed by atoms with Crippen molar-refractivity contribution in [2.45, 2.75) is 33.2 Å². The fourth-order valence-electron chi connectivity index (χ4n) is 1.30. The zero-order valence-electron chi connectivity index (χ0n) is 10.4. The van der Waals surface area contributed by atoms with Gasteiger partial charge in [0.2, 0.25) is 5.91 Å². The minimum atomic E-state index is -1.02.